The highest BCUT2D eigenvalue weighted by Crippen LogP contribution is 2.21. The summed E-state index contributed by atoms with van der Waals surface area (Å²) < 4.78 is 25.7. The minimum atomic E-state index is -3.53. The number of carbonyl (C=O) groups is 2. The van der Waals surface area contributed by atoms with E-state index in [2.05, 4.69) is 10.6 Å². The molecule has 178 valence electrons. The SMILES string of the molecule is CS(=O)(=O)N(CCCC(=O)Nc1ccccc1C(=O)NCc1ccccc1)c1ccc(Cl)cc1. The Balaban J connectivity index is 1.58. The van der Waals surface area contributed by atoms with Crippen LogP contribution in [-0.2, 0) is 21.4 Å². The maximum absolute atomic E-state index is 12.7. The van der Waals surface area contributed by atoms with Crippen molar-refractivity contribution in [1.29, 1.82) is 0 Å². The van der Waals surface area contributed by atoms with Crippen LogP contribution in [0.3, 0.4) is 0 Å². The molecular weight excluding hydrogens is 474 g/mol. The number of hydrogen-bond donors (Lipinski definition) is 2. The van der Waals surface area contributed by atoms with Gasteiger partial charge in [0.1, 0.15) is 0 Å². The number of rotatable bonds is 10. The Labute approximate surface area is 204 Å². The van der Waals surface area contributed by atoms with Gasteiger partial charge in [0, 0.05) is 24.5 Å². The molecule has 0 spiro atoms. The Morgan fingerprint density at radius 1 is 0.912 bits per heavy atom. The first-order chi connectivity index (χ1) is 16.2. The fourth-order valence-electron chi connectivity index (χ4n) is 3.35. The van der Waals surface area contributed by atoms with Crippen molar-refractivity contribution < 1.29 is 18.0 Å². The molecule has 0 fully saturated rings. The number of amides is 2. The van der Waals surface area contributed by atoms with Gasteiger partial charge in [-0.3, -0.25) is 13.9 Å². The Bertz CT molecular complexity index is 1230. The Morgan fingerprint density at radius 2 is 1.56 bits per heavy atom. The molecule has 3 aromatic rings. The minimum absolute atomic E-state index is 0.0829. The second kappa shape index (κ2) is 11.7. The third kappa shape index (κ3) is 7.33. The first-order valence-corrected chi connectivity index (χ1v) is 12.9. The van der Waals surface area contributed by atoms with E-state index in [1.54, 1.807) is 48.5 Å². The number of nitrogens with zero attached hydrogens (tertiary/aromatic N) is 1. The second-order valence-electron chi connectivity index (χ2n) is 7.68. The topological polar surface area (TPSA) is 95.6 Å². The van der Waals surface area contributed by atoms with Gasteiger partial charge >= 0.3 is 0 Å². The van der Waals surface area contributed by atoms with Gasteiger partial charge < -0.3 is 10.6 Å². The molecule has 0 unspecified atom stereocenters. The van der Waals surface area contributed by atoms with Crippen molar-refractivity contribution in [2.75, 3.05) is 22.4 Å². The summed E-state index contributed by atoms with van der Waals surface area (Å²) in [6.07, 6.45) is 1.50. The summed E-state index contributed by atoms with van der Waals surface area (Å²) in [5, 5.41) is 6.12. The zero-order valence-electron chi connectivity index (χ0n) is 18.7. The number of anilines is 2. The van der Waals surface area contributed by atoms with Gasteiger partial charge in [0.05, 0.1) is 23.2 Å². The Morgan fingerprint density at radius 3 is 2.24 bits per heavy atom. The molecule has 7 nitrogen and oxygen atoms in total. The molecule has 9 heteroatoms. The van der Waals surface area contributed by atoms with Crippen molar-refractivity contribution in [3.8, 4) is 0 Å². The van der Waals surface area contributed by atoms with Crippen LogP contribution in [0.25, 0.3) is 0 Å². The van der Waals surface area contributed by atoms with Gasteiger partial charge in [0.2, 0.25) is 15.9 Å². The lowest BCUT2D eigenvalue weighted by Crippen LogP contribution is -2.31. The lowest BCUT2D eigenvalue weighted by Gasteiger charge is -2.22. The van der Waals surface area contributed by atoms with Gasteiger partial charge in [-0.05, 0) is 48.4 Å². The van der Waals surface area contributed by atoms with Gasteiger partial charge in [-0.1, -0.05) is 54.1 Å². The van der Waals surface area contributed by atoms with E-state index in [0.29, 0.717) is 34.9 Å². The van der Waals surface area contributed by atoms with Crippen LogP contribution in [-0.4, -0.2) is 33.0 Å². The molecule has 0 bridgehead atoms. The van der Waals surface area contributed by atoms with Crippen molar-refractivity contribution in [1.82, 2.24) is 5.32 Å². The van der Waals surface area contributed by atoms with E-state index < -0.39 is 10.0 Å². The largest absolute Gasteiger partial charge is 0.348 e. The van der Waals surface area contributed by atoms with Crippen LogP contribution >= 0.6 is 11.6 Å². The molecule has 0 atom stereocenters. The molecule has 0 saturated carbocycles. The first-order valence-electron chi connectivity index (χ1n) is 10.7. The van der Waals surface area contributed by atoms with Crippen LogP contribution < -0.4 is 14.9 Å². The predicted molar refractivity (Wildman–Crippen MR) is 136 cm³/mol. The van der Waals surface area contributed by atoms with Crippen LogP contribution in [0.5, 0.6) is 0 Å². The molecule has 3 aromatic carbocycles. The zero-order valence-corrected chi connectivity index (χ0v) is 20.3. The van der Waals surface area contributed by atoms with Crippen molar-refractivity contribution in [2.24, 2.45) is 0 Å². The molecule has 0 heterocycles. The normalized spacial score (nSPS) is 11.0. The van der Waals surface area contributed by atoms with Crippen molar-refractivity contribution in [3.05, 3.63) is 95.0 Å². The molecule has 0 aromatic heterocycles. The lowest BCUT2D eigenvalue weighted by molar-refractivity contribution is -0.116. The average Bonchev–Trinajstić information content (AvgIpc) is 2.81. The van der Waals surface area contributed by atoms with Crippen molar-refractivity contribution >= 4 is 44.8 Å². The highest BCUT2D eigenvalue weighted by Gasteiger charge is 2.18. The lowest BCUT2D eigenvalue weighted by atomic mass is 10.1. The van der Waals surface area contributed by atoms with Crippen LogP contribution in [0.15, 0.2) is 78.9 Å². The number of carbonyl (C=O) groups excluding carboxylic acids is 2. The number of para-hydroxylation sites is 1. The molecule has 0 aliphatic carbocycles. The smallest absolute Gasteiger partial charge is 0.253 e. The van der Waals surface area contributed by atoms with Crippen LogP contribution in [0, 0.1) is 0 Å². The van der Waals surface area contributed by atoms with Crippen LogP contribution in [0.2, 0.25) is 5.02 Å². The molecule has 0 aliphatic heterocycles. The molecule has 0 aliphatic rings. The summed E-state index contributed by atoms with van der Waals surface area (Å²) in [6, 6.07) is 22.7. The fraction of sp³-hybridized carbons (Fsp3) is 0.200. The quantitative estimate of drug-likeness (QED) is 0.430. The maximum atomic E-state index is 12.7. The zero-order chi connectivity index (χ0) is 24.6. The van der Waals surface area contributed by atoms with Crippen molar-refractivity contribution in [2.45, 2.75) is 19.4 Å². The molecule has 0 radical (unpaired) electrons. The third-order valence-electron chi connectivity index (χ3n) is 5.02. The molecular formula is C25H26ClN3O4S. The van der Waals surface area contributed by atoms with Gasteiger partial charge in [-0.15, -0.1) is 0 Å². The van der Waals surface area contributed by atoms with Crippen LogP contribution in [0.4, 0.5) is 11.4 Å². The van der Waals surface area contributed by atoms with E-state index in [-0.39, 0.29) is 24.8 Å². The van der Waals surface area contributed by atoms with Crippen molar-refractivity contribution in [3.63, 3.8) is 0 Å². The number of nitrogens with one attached hydrogen (secondary N) is 2. The molecule has 0 saturated heterocycles. The van der Waals surface area contributed by atoms with E-state index in [1.165, 1.54) is 4.31 Å². The number of benzene rings is 3. The molecule has 3 rings (SSSR count). The van der Waals surface area contributed by atoms with E-state index in [1.807, 2.05) is 30.3 Å². The predicted octanol–water partition coefficient (Wildman–Crippen LogP) is 4.45. The standard InChI is InChI=1S/C25H26ClN3O4S/c1-34(32,33)29(21-15-13-20(26)14-16-21)17-7-12-24(30)28-23-11-6-5-10-22(23)25(31)27-18-19-8-3-2-4-9-19/h2-6,8-11,13-16H,7,12,17-18H2,1H3,(H,27,31)(H,28,30). The van der Waals surface area contributed by atoms with E-state index in [0.717, 1.165) is 11.8 Å². The first kappa shape index (κ1) is 25.3. The van der Waals surface area contributed by atoms with E-state index in [4.69, 9.17) is 11.6 Å². The Hall–Kier alpha value is -3.36. The highest BCUT2D eigenvalue weighted by atomic mass is 35.5. The van der Waals surface area contributed by atoms with Crippen LogP contribution in [0.1, 0.15) is 28.8 Å². The maximum Gasteiger partial charge on any atom is 0.253 e. The number of sulfonamides is 1. The highest BCUT2D eigenvalue weighted by molar-refractivity contribution is 7.92. The summed E-state index contributed by atoms with van der Waals surface area (Å²) in [6.45, 7) is 0.501. The average molecular weight is 500 g/mol. The molecule has 34 heavy (non-hydrogen) atoms. The number of halogens is 1. The van der Waals surface area contributed by atoms with Gasteiger partial charge in [0.15, 0.2) is 0 Å². The summed E-state index contributed by atoms with van der Waals surface area (Å²) in [7, 11) is -3.53. The van der Waals surface area contributed by atoms with E-state index in [9.17, 15) is 18.0 Å². The Kier molecular flexibility index (Phi) is 8.67. The summed E-state index contributed by atoms with van der Waals surface area (Å²) in [5.74, 6) is -0.612. The third-order valence-corrected chi connectivity index (χ3v) is 6.47. The van der Waals surface area contributed by atoms with Gasteiger partial charge in [0.25, 0.3) is 5.91 Å². The van der Waals surface area contributed by atoms with E-state index >= 15 is 0 Å². The summed E-state index contributed by atoms with van der Waals surface area (Å²) in [5.41, 5.74) is 2.20. The molecule has 2 N–H and O–H groups in total. The van der Waals surface area contributed by atoms with Gasteiger partial charge in [-0.2, -0.15) is 0 Å². The summed E-state index contributed by atoms with van der Waals surface area (Å²) >= 11 is 5.89. The van der Waals surface area contributed by atoms with Gasteiger partial charge in [-0.25, -0.2) is 8.42 Å². The molecule has 2 amide bonds. The second-order valence-corrected chi connectivity index (χ2v) is 10.0. The number of hydrogen-bond acceptors (Lipinski definition) is 4. The monoisotopic (exact) mass is 499 g/mol. The fourth-order valence-corrected chi connectivity index (χ4v) is 4.44. The minimum Gasteiger partial charge on any atom is -0.348 e. The summed E-state index contributed by atoms with van der Waals surface area (Å²) in [4.78, 5) is 25.2.